The van der Waals surface area contributed by atoms with E-state index in [0.29, 0.717) is 17.0 Å². The van der Waals surface area contributed by atoms with Crippen molar-refractivity contribution in [2.75, 3.05) is 7.05 Å². The summed E-state index contributed by atoms with van der Waals surface area (Å²) in [4.78, 5) is 4.00. The normalized spacial score (nSPS) is 12.3. The quantitative estimate of drug-likeness (QED) is 0.879. The van der Waals surface area contributed by atoms with Crippen molar-refractivity contribution in [3.63, 3.8) is 0 Å². The third kappa shape index (κ3) is 4.29. The Morgan fingerprint density at radius 3 is 2.70 bits per heavy atom. The number of rotatable bonds is 6. The number of nitrogens with zero attached hydrogens (tertiary/aromatic N) is 1. The zero-order valence-electron chi connectivity index (χ0n) is 11.4. The van der Waals surface area contributed by atoms with E-state index in [1.807, 2.05) is 19.2 Å². The molecule has 0 saturated heterocycles. The second-order valence-corrected chi connectivity index (χ2v) is 5.26. The molecular weight excluding hydrogens is 275 g/mol. The van der Waals surface area contributed by atoms with Gasteiger partial charge in [0.15, 0.2) is 0 Å². The molecular formula is C16H18ClFN2. The van der Waals surface area contributed by atoms with E-state index in [4.69, 9.17) is 11.6 Å². The highest BCUT2D eigenvalue weighted by Crippen LogP contribution is 2.17. The predicted molar refractivity (Wildman–Crippen MR) is 80.5 cm³/mol. The number of halogens is 2. The van der Waals surface area contributed by atoms with Gasteiger partial charge in [-0.15, -0.1) is 0 Å². The van der Waals surface area contributed by atoms with Gasteiger partial charge in [-0.25, -0.2) is 4.39 Å². The lowest BCUT2D eigenvalue weighted by Gasteiger charge is -2.17. The zero-order valence-corrected chi connectivity index (χ0v) is 12.2. The van der Waals surface area contributed by atoms with Crippen LogP contribution < -0.4 is 5.32 Å². The first-order chi connectivity index (χ1) is 9.69. The lowest BCUT2D eigenvalue weighted by Crippen LogP contribution is -2.28. The molecule has 0 aliphatic rings. The van der Waals surface area contributed by atoms with Crippen molar-refractivity contribution >= 4 is 11.6 Å². The van der Waals surface area contributed by atoms with Gasteiger partial charge in [0.25, 0.3) is 0 Å². The van der Waals surface area contributed by atoms with Gasteiger partial charge >= 0.3 is 0 Å². The highest BCUT2D eigenvalue weighted by molar-refractivity contribution is 6.30. The molecule has 2 aromatic rings. The average molecular weight is 293 g/mol. The van der Waals surface area contributed by atoms with Gasteiger partial charge in [-0.1, -0.05) is 11.6 Å². The van der Waals surface area contributed by atoms with E-state index < -0.39 is 0 Å². The Labute approximate surface area is 124 Å². The van der Waals surface area contributed by atoms with Crippen LogP contribution in [0, 0.1) is 5.82 Å². The number of aromatic nitrogens is 1. The predicted octanol–water partition coefficient (Wildman–Crippen LogP) is 3.64. The fraction of sp³-hybridized carbons (Fsp3) is 0.312. The SMILES string of the molecule is CNC(CCc1ccncc1)Cc1cc(Cl)ccc1F. The number of hydrogen-bond acceptors (Lipinski definition) is 2. The van der Waals surface area contributed by atoms with E-state index in [1.165, 1.54) is 11.6 Å². The molecule has 0 amide bonds. The summed E-state index contributed by atoms with van der Waals surface area (Å²) in [6.07, 6.45) is 6.09. The van der Waals surface area contributed by atoms with Crippen molar-refractivity contribution < 1.29 is 4.39 Å². The highest BCUT2D eigenvalue weighted by Gasteiger charge is 2.11. The van der Waals surface area contributed by atoms with Gasteiger partial charge in [-0.05, 0) is 67.8 Å². The Morgan fingerprint density at radius 1 is 1.25 bits per heavy atom. The van der Waals surface area contributed by atoms with Crippen LogP contribution in [0.4, 0.5) is 4.39 Å². The van der Waals surface area contributed by atoms with Gasteiger partial charge in [-0.3, -0.25) is 4.98 Å². The molecule has 0 fully saturated rings. The summed E-state index contributed by atoms with van der Waals surface area (Å²) in [7, 11) is 1.90. The van der Waals surface area contributed by atoms with Gasteiger partial charge in [0, 0.05) is 23.5 Å². The zero-order chi connectivity index (χ0) is 14.4. The van der Waals surface area contributed by atoms with Crippen LogP contribution in [-0.2, 0) is 12.8 Å². The Hall–Kier alpha value is -1.45. The van der Waals surface area contributed by atoms with E-state index in [9.17, 15) is 4.39 Å². The number of benzene rings is 1. The van der Waals surface area contributed by atoms with Crippen LogP contribution in [0.5, 0.6) is 0 Å². The van der Waals surface area contributed by atoms with Crippen molar-refractivity contribution in [3.05, 3.63) is 64.7 Å². The molecule has 0 aliphatic carbocycles. The van der Waals surface area contributed by atoms with Gasteiger partial charge in [0.05, 0.1) is 0 Å². The molecule has 0 bridgehead atoms. The lowest BCUT2D eigenvalue weighted by molar-refractivity contribution is 0.504. The standard InChI is InChI=1S/C16H18ClFN2/c1-19-15(4-2-12-6-8-20-9-7-12)11-13-10-14(17)3-5-16(13)18/h3,5-10,15,19H,2,4,11H2,1H3. The van der Waals surface area contributed by atoms with Crippen LogP contribution in [0.3, 0.4) is 0 Å². The third-order valence-electron chi connectivity index (χ3n) is 3.41. The molecule has 1 N–H and O–H groups in total. The first kappa shape index (κ1) is 14.9. The monoisotopic (exact) mass is 292 g/mol. The van der Waals surface area contributed by atoms with Crippen molar-refractivity contribution in [3.8, 4) is 0 Å². The summed E-state index contributed by atoms with van der Waals surface area (Å²) in [5, 5.41) is 3.82. The number of nitrogens with one attached hydrogen (secondary N) is 1. The molecule has 2 nitrogen and oxygen atoms in total. The summed E-state index contributed by atoms with van der Waals surface area (Å²) >= 11 is 5.92. The van der Waals surface area contributed by atoms with Gasteiger partial charge < -0.3 is 5.32 Å². The maximum atomic E-state index is 13.7. The Morgan fingerprint density at radius 2 is 2.00 bits per heavy atom. The van der Waals surface area contributed by atoms with Crippen LogP contribution in [0.1, 0.15) is 17.5 Å². The third-order valence-corrected chi connectivity index (χ3v) is 3.65. The van der Waals surface area contributed by atoms with Gasteiger partial charge in [0.1, 0.15) is 5.82 Å². The summed E-state index contributed by atoms with van der Waals surface area (Å²) in [5.41, 5.74) is 1.90. The van der Waals surface area contributed by atoms with Crippen molar-refractivity contribution in [2.24, 2.45) is 0 Å². The summed E-state index contributed by atoms with van der Waals surface area (Å²) in [5.74, 6) is -0.196. The van der Waals surface area contributed by atoms with Crippen molar-refractivity contribution in [1.29, 1.82) is 0 Å². The summed E-state index contributed by atoms with van der Waals surface area (Å²) in [6, 6.07) is 8.93. The second-order valence-electron chi connectivity index (χ2n) is 4.82. The number of aryl methyl sites for hydroxylation is 1. The maximum Gasteiger partial charge on any atom is 0.126 e. The number of hydrogen-bond donors (Lipinski definition) is 1. The van der Waals surface area contributed by atoms with Crippen molar-refractivity contribution in [2.45, 2.75) is 25.3 Å². The minimum Gasteiger partial charge on any atom is -0.317 e. The second kappa shape index (κ2) is 7.36. The molecule has 1 unspecified atom stereocenters. The molecule has 0 radical (unpaired) electrons. The fourth-order valence-corrected chi connectivity index (χ4v) is 2.40. The molecule has 0 aliphatic heterocycles. The minimum atomic E-state index is -0.196. The number of likely N-dealkylation sites (N-methyl/N-ethyl adjacent to an activating group) is 1. The van der Waals surface area contributed by atoms with Crippen LogP contribution >= 0.6 is 11.6 Å². The van der Waals surface area contributed by atoms with E-state index in [0.717, 1.165) is 12.8 Å². The molecule has 2 rings (SSSR count). The topological polar surface area (TPSA) is 24.9 Å². The highest BCUT2D eigenvalue weighted by atomic mass is 35.5. The maximum absolute atomic E-state index is 13.7. The fourth-order valence-electron chi connectivity index (χ4n) is 2.20. The molecule has 4 heteroatoms. The van der Waals surface area contributed by atoms with E-state index in [2.05, 4.69) is 10.3 Å². The molecule has 1 aromatic heterocycles. The van der Waals surface area contributed by atoms with Crippen molar-refractivity contribution in [1.82, 2.24) is 10.3 Å². The summed E-state index contributed by atoms with van der Waals surface area (Å²) in [6.45, 7) is 0. The summed E-state index contributed by atoms with van der Waals surface area (Å²) < 4.78 is 13.7. The largest absolute Gasteiger partial charge is 0.317 e. The smallest absolute Gasteiger partial charge is 0.126 e. The first-order valence-corrected chi connectivity index (χ1v) is 7.07. The van der Waals surface area contributed by atoms with Crippen LogP contribution in [-0.4, -0.2) is 18.1 Å². The molecule has 106 valence electrons. The van der Waals surface area contributed by atoms with Crippen LogP contribution in [0.2, 0.25) is 5.02 Å². The van der Waals surface area contributed by atoms with E-state index in [1.54, 1.807) is 24.5 Å². The average Bonchev–Trinajstić information content (AvgIpc) is 2.48. The minimum absolute atomic E-state index is 0.196. The Balaban J connectivity index is 1.97. The molecule has 0 spiro atoms. The molecule has 0 saturated carbocycles. The Kier molecular flexibility index (Phi) is 5.50. The molecule has 1 atom stereocenters. The first-order valence-electron chi connectivity index (χ1n) is 6.69. The molecule has 1 heterocycles. The Bertz CT molecular complexity index is 545. The molecule has 1 aromatic carbocycles. The molecule has 20 heavy (non-hydrogen) atoms. The van der Waals surface area contributed by atoms with Crippen LogP contribution in [0.25, 0.3) is 0 Å². The lowest BCUT2D eigenvalue weighted by atomic mass is 9.99. The van der Waals surface area contributed by atoms with E-state index >= 15 is 0 Å². The van der Waals surface area contributed by atoms with E-state index in [-0.39, 0.29) is 11.9 Å². The van der Waals surface area contributed by atoms with Crippen LogP contribution in [0.15, 0.2) is 42.7 Å². The number of pyridine rings is 1. The van der Waals surface area contributed by atoms with Gasteiger partial charge in [0.2, 0.25) is 0 Å². The van der Waals surface area contributed by atoms with Gasteiger partial charge in [-0.2, -0.15) is 0 Å².